The van der Waals surface area contributed by atoms with Gasteiger partial charge in [0.1, 0.15) is 17.1 Å². The molecule has 7 nitrogen and oxygen atoms in total. The summed E-state index contributed by atoms with van der Waals surface area (Å²) in [6, 6.07) is 10.2. The Kier molecular flexibility index (Phi) is 5.52. The van der Waals surface area contributed by atoms with E-state index in [-0.39, 0.29) is 29.3 Å². The summed E-state index contributed by atoms with van der Waals surface area (Å²) in [6.45, 7) is 2.27. The minimum atomic E-state index is -0.515. The Balaban J connectivity index is 1.79. The molecule has 0 saturated carbocycles. The maximum absolute atomic E-state index is 13.4. The number of rotatable bonds is 3. The molecule has 0 atom stereocenters. The van der Waals surface area contributed by atoms with E-state index in [1.54, 1.807) is 23.2 Å². The van der Waals surface area contributed by atoms with Crippen LogP contribution in [0.2, 0.25) is 0 Å². The van der Waals surface area contributed by atoms with Crippen molar-refractivity contribution in [3.63, 3.8) is 0 Å². The normalized spacial score (nSPS) is 12.9. The van der Waals surface area contributed by atoms with E-state index in [0.29, 0.717) is 29.8 Å². The molecule has 1 aliphatic rings. The van der Waals surface area contributed by atoms with Crippen molar-refractivity contribution in [3.8, 4) is 11.4 Å². The highest BCUT2D eigenvalue weighted by Crippen LogP contribution is 2.26. The van der Waals surface area contributed by atoms with Gasteiger partial charge in [0.05, 0.1) is 5.56 Å². The molecule has 2 N–H and O–H groups in total. The van der Waals surface area contributed by atoms with E-state index in [4.69, 9.17) is 0 Å². The lowest BCUT2D eigenvalue weighted by molar-refractivity contribution is 0.0731. The highest BCUT2D eigenvalue weighted by Gasteiger charge is 2.29. The molecule has 0 unspecified atom stereocenters. The number of benzene rings is 2. The number of phenols is 1. The quantitative estimate of drug-likeness (QED) is 0.662. The van der Waals surface area contributed by atoms with Gasteiger partial charge in [-0.1, -0.05) is 6.07 Å². The van der Waals surface area contributed by atoms with Gasteiger partial charge in [0.2, 0.25) is 0 Å². The summed E-state index contributed by atoms with van der Waals surface area (Å²) < 4.78 is 14.7. The monoisotopic (exact) mass is 435 g/mol. The molecule has 8 heteroatoms. The lowest BCUT2D eigenvalue weighted by Crippen LogP contribution is -2.40. The van der Waals surface area contributed by atoms with E-state index in [0.717, 1.165) is 5.56 Å². The zero-order valence-corrected chi connectivity index (χ0v) is 17.7. The summed E-state index contributed by atoms with van der Waals surface area (Å²) in [7, 11) is 1.45. The molecule has 0 fully saturated rings. The Bertz CT molecular complexity index is 1280. The fourth-order valence-electron chi connectivity index (χ4n) is 3.97. The predicted octanol–water partition coefficient (Wildman–Crippen LogP) is 2.55. The van der Waals surface area contributed by atoms with Crippen LogP contribution in [-0.2, 0) is 13.0 Å². The van der Waals surface area contributed by atoms with Crippen LogP contribution < -0.4 is 10.9 Å². The third kappa shape index (κ3) is 3.75. The van der Waals surface area contributed by atoms with Crippen LogP contribution in [0.4, 0.5) is 4.39 Å². The second-order valence-electron chi connectivity index (χ2n) is 7.74. The number of pyridine rings is 1. The molecule has 0 aliphatic carbocycles. The van der Waals surface area contributed by atoms with E-state index < -0.39 is 17.3 Å². The molecule has 164 valence electrons. The van der Waals surface area contributed by atoms with Crippen molar-refractivity contribution >= 4 is 11.8 Å². The van der Waals surface area contributed by atoms with Gasteiger partial charge in [-0.15, -0.1) is 0 Å². The van der Waals surface area contributed by atoms with Gasteiger partial charge in [-0.3, -0.25) is 19.0 Å². The van der Waals surface area contributed by atoms with Crippen molar-refractivity contribution in [3.05, 3.63) is 92.6 Å². The highest BCUT2D eigenvalue weighted by molar-refractivity contribution is 5.98. The summed E-state index contributed by atoms with van der Waals surface area (Å²) in [5, 5.41) is 12.7. The highest BCUT2D eigenvalue weighted by atomic mass is 19.1. The fourth-order valence-corrected chi connectivity index (χ4v) is 3.97. The molecular weight excluding hydrogens is 413 g/mol. The molecule has 3 aromatic rings. The molecule has 0 saturated heterocycles. The lowest BCUT2D eigenvalue weighted by Gasteiger charge is -2.30. The number of carbonyl (C=O) groups excluding carboxylic acids is 2. The van der Waals surface area contributed by atoms with Crippen molar-refractivity contribution < 1.29 is 19.1 Å². The van der Waals surface area contributed by atoms with Crippen molar-refractivity contribution in [2.75, 3.05) is 13.6 Å². The van der Waals surface area contributed by atoms with E-state index >= 15 is 0 Å². The second-order valence-corrected chi connectivity index (χ2v) is 7.74. The molecule has 2 heterocycles. The number of fused-ring (bicyclic) bond motifs is 1. The van der Waals surface area contributed by atoms with Crippen molar-refractivity contribution in [2.45, 2.75) is 19.9 Å². The van der Waals surface area contributed by atoms with Crippen LogP contribution in [0.3, 0.4) is 0 Å². The Morgan fingerprint density at radius 1 is 1.12 bits per heavy atom. The number of hydrogen-bond donors (Lipinski definition) is 2. The van der Waals surface area contributed by atoms with Gasteiger partial charge in [-0.05, 0) is 66.4 Å². The van der Waals surface area contributed by atoms with Crippen LogP contribution in [0.15, 0.2) is 53.5 Å². The van der Waals surface area contributed by atoms with Gasteiger partial charge in [0, 0.05) is 32.0 Å². The Hall–Kier alpha value is -3.94. The smallest absolute Gasteiger partial charge is 0.268 e. The zero-order chi connectivity index (χ0) is 23.0. The summed E-state index contributed by atoms with van der Waals surface area (Å²) in [5.74, 6) is -1.39. The zero-order valence-electron chi connectivity index (χ0n) is 17.7. The Morgan fingerprint density at radius 2 is 1.84 bits per heavy atom. The van der Waals surface area contributed by atoms with E-state index in [2.05, 4.69) is 5.32 Å². The molecule has 2 amide bonds. The molecule has 0 bridgehead atoms. The number of aromatic hydroxyl groups is 1. The number of phenolic OH excluding ortho intramolecular Hbond substituents is 1. The topological polar surface area (TPSA) is 91.6 Å². The van der Waals surface area contributed by atoms with E-state index in [1.807, 2.05) is 6.92 Å². The van der Waals surface area contributed by atoms with Gasteiger partial charge in [-0.25, -0.2) is 4.39 Å². The fraction of sp³-hybridized carbons (Fsp3) is 0.208. The number of amides is 2. The van der Waals surface area contributed by atoms with Crippen LogP contribution in [0.1, 0.15) is 37.4 Å². The summed E-state index contributed by atoms with van der Waals surface area (Å²) in [6.07, 6.45) is 1.90. The maximum Gasteiger partial charge on any atom is 0.268 e. The average Bonchev–Trinajstić information content (AvgIpc) is 2.78. The Labute approximate surface area is 183 Å². The first-order valence-electron chi connectivity index (χ1n) is 10.1. The van der Waals surface area contributed by atoms with Crippen LogP contribution in [0.25, 0.3) is 5.69 Å². The Morgan fingerprint density at radius 3 is 2.50 bits per heavy atom. The van der Waals surface area contributed by atoms with Crippen LogP contribution in [0.5, 0.6) is 5.75 Å². The van der Waals surface area contributed by atoms with Crippen molar-refractivity contribution in [1.29, 1.82) is 0 Å². The van der Waals surface area contributed by atoms with Gasteiger partial charge < -0.3 is 15.3 Å². The molecule has 4 rings (SSSR count). The standard InChI is InChI=1S/C24H22FN3O4/c1-14-3-8-19(20(29)11-14)23(31)27-10-9-18-15(12-27)13-28(17-6-4-16(25)5-7-17)24(32)21(18)22(30)26-2/h3-8,11,13,29H,9-10,12H2,1-2H3,(H,26,30). The summed E-state index contributed by atoms with van der Waals surface area (Å²) in [4.78, 5) is 40.3. The molecule has 2 aromatic carbocycles. The maximum atomic E-state index is 13.4. The summed E-state index contributed by atoms with van der Waals surface area (Å²) in [5.41, 5.74) is 2.16. The molecule has 0 spiro atoms. The predicted molar refractivity (Wildman–Crippen MR) is 117 cm³/mol. The number of carbonyl (C=O) groups is 2. The van der Waals surface area contributed by atoms with Crippen LogP contribution in [-0.4, -0.2) is 40.0 Å². The van der Waals surface area contributed by atoms with Crippen LogP contribution >= 0.6 is 0 Å². The van der Waals surface area contributed by atoms with E-state index in [1.165, 1.54) is 41.9 Å². The molecule has 32 heavy (non-hydrogen) atoms. The number of hydrogen-bond acceptors (Lipinski definition) is 4. The molecule has 1 aliphatic heterocycles. The molecular formula is C24H22FN3O4. The number of nitrogens with one attached hydrogen (secondary N) is 1. The molecule has 1 aromatic heterocycles. The third-order valence-electron chi connectivity index (χ3n) is 5.63. The average molecular weight is 435 g/mol. The first kappa shape index (κ1) is 21.3. The van der Waals surface area contributed by atoms with E-state index in [9.17, 15) is 23.9 Å². The molecule has 0 radical (unpaired) electrons. The van der Waals surface area contributed by atoms with Gasteiger partial charge in [0.25, 0.3) is 17.4 Å². The first-order valence-corrected chi connectivity index (χ1v) is 10.1. The lowest BCUT2D eigenvalue weighted by atomic mass is 9.95. The van der Waals surface area contributed by atoms with Gasteiger partial charge in [0.15, 0.2) is 0 Å². The number of aromatic nitrogens is 1. The van der Waals surface area contributed by atoms with Gasteiger partial charge in [-0.2, -0.15) is 0 Å². The van der Waals surface area contributed by atoms with Crippen LogP contribution in [0, 0.1) is 12.7 Å². The number of halogens is 1. The second kappa shape index (κ2) is 8.30. The minimum absolute atomic E-state index is 0.0135. The number of aryl methyl sites for hydroxylation is 1. The summed E-state index contributed by atoms with van der Waals surface area (Å²) >= 11 is 0. The minimum Gasteiger partial charge on any atom is -0.507 e. The largest absolute Gasteiger partial charge is 0.507 e. The van der Waals surface area contributed by atoms with Crippen molar-refractivity contribution in [1.82, 2.24) is 14.8 Å². The first-order chi connectivity index (χ1) is 15.3. The van der Waals surface area contributed by atoms with Crippen molar-refractivity contribution in [2.24, 2.45) is 0 Å². The number of nitrogens with zero attached hydrogens (tertiary/aromatic N) is 2. The third-order valence-corrected chi connectivity index (χ3v) is 5.63. The SMILES string of the molecule is CNC(=O)c1c2c(cn(-c3ccc(F)cc3)c1=O)CN(C(=O)c1ccc(C)cc1O)CC2. The van der Waals surface area contributed by atoms with Gasteiger partial charge >= 0.3 is 0 Å².